The zero-order valence-corrected chi connectivity index (χ0v) is 15.2. The van der Waals surface area contributed by atoms with Crippen molar-refractivity contribution in [1.29, 1.82) is 0 Å². The molecule has 22 heavy (non-hydrogen) atoms. The molecule has 0 radical (unpaired) electrons. The average Bonchev–Trinajstić information content (AvgIpc) is 2.84. The maximum absolute atomic E-state index is 12.3. The van der Waals surface area contributed by atoms with Gasteiger partial charge >= 0.3 is 10.1 Å². The van der Waals surface area contributed by atoms with Gasteiger partial charge in [0.05, 0.1) is 15.6 Å². The molecule has 3 aromatic rings. The van der Waals surface area contributed by atoms with Gasteiger partial charge < -0.3 is 4.18 Å². The summed E-state index contributed by atoms with van der Waals surface area (Å²) < 4.78 is 30.5. The normalized spacial score (nSPS) is 11.8. The largest absolute Gasteiger partial charge is 0.379 e. The standard InChI is InChI=1S/C13H7Cl2IN2O3S/c14-10-3-1-7(5-11(10)15)21-22(19,20)8-2-4-12-9(6-8)13(16)18-17-12/h1-6H,(H,17,18). The van der Waals surface area contributed by atoms with Crippen LogP contribution in [-0.4, -0.2) is 18.6 Å². The Balaban J connectivity index is 2.00. The van der Waals surface area contributed by atoms with E-state index in [-0.39, 0.29) is 15.7 Å². The van der Waals surface area contributed by atoms with Gasteiger partial charge in [0.1, 0.15) is 14.3 Å². The lowest BCUT2D eigenvalue weighted by atomic mass is 10.3. The van der Waals surface area contributed by atoms with Crippen LogP contribution in [0, 0.1) is 3.70 Å². The van der Waals surface area contributed by atoms with Crippen LogP contribution in [0.25, 0.3) is 10.9 Å². The summed E-state index contributed by atoms with van der Waals surface area (Å²) >= 11 is 13.7. The Kier molecular flexibility index (Phi) is 4.23. The SMILES string of the molecule is O=S(=O)(Oc1ccc(Cl)c(Cl)c1)c1ccc2n[nH]c(I)c2c1. The minimum Gasteiger partial charge on any atom is -0.379 e. The van der Waals surface area contributed by atoms with Gasteiger partial charge in [0, 0.05) is 11.5 Å². The van der Waals surface area contributed by atoms with E-state index in [0.717, 1.165) is 3.70 Å². The Morgan fingerprint density at radius 1 is 1.09 bits per heavy atom. The summed E-state index contributed by atoms with van der Waals surface area (Å²) in [5.41, 5.74) is 0.679. The van der Waals surface area contributed by atoms with Gasteiger partial charge in [0.25, 0.3) is 0 Å². The Hall–Kier alpha value is -1.03. The number of hydrogen-bond donors (Lipinski definition) is 1. The van der Waals surface area contributed by atoms with Crippen LogP contribution in [-0.2, 0) is 10.1 Å². The summed E-state index contributed by atoms with van der Waals surface area (Å²) in [7, 11) is -3.98. The van der Waals surface area contributed by atoms with Gasteiger partial charge in [-0.2, -0.15) is 13.5 Å². The molecule has 114 valence electrons. The highest BCUT2D eigenvalue weighted by molar-refractivity contribution is 14.1. The average molecular weight is 469 g/mol. The lowest BCUT2D eigenvalue weighted by Gasteiger charge is -2.08. The highest BCUT2D eigenvalue weighted by Gasteiger charge is 2.19. The third-order valence-corrected chi connectivity index (χ3v) is 5.67. The van der Waals surface area contributed by atoms with E-state index in [9.17, 15) is 8.42 Å². The van der Waals surface area contributed by atoms with Crippen LogP contribution in [0.2, 0.25) is 10.0 Å². The van der Waals surface area contributed by atoms with Crippen LogP contribution in [0.5, 0.6) is 5.75 Å². The highest BCUT2D eigenvalue weighted by Crippen LogP contribution is 2.29. The number of H-pyrrole nitrogens is 1. The smallest absolute Gasteiger partial charge is 0.339 e. The van der Waals surface area contributed by atoms with E-state index in [2.05, 4.69) is 10.2 Å². The molecule has 0 saturated heterocycles. The molecule has 1 heterocycles. The summed E-state index contributed by atoms with van der Waals surface area (Å²) in [5.74, 6) is 0.0939. The van der Waals surface area contributed by atoms with Gasteiger partial charge in [0.2, 0.25) is 0 Å². The summed E-state index contributed by atoms with van der Waals surface area (Å²) in [6.07, 6.45) is 0. The van der Waals surface area contributed by atoms with Crippen molar-refractivity contribution < 1.29 is 12.6 Å². The van der Waals surface area contributed by atoms with Crippen molar-refractivity contribution >= 4 is 66.8 Å². The van der Waals surface area contributed by atoms with Gasteiger partial charge in [-0.1, -0.05) is 23.2 Å². The van der Waals surface area contributed by atoms with Crippen molar-refractivity contribution in [3.8, 4) is 5.75 Å². The predicted molar refractivity (Wildman–Crippen MR) is 93.1 cm³/mol. The number of nitrogens with zero attached hydrogens (tertiary/aromatic N) is 1. The third kappa shape index (κ3) is 3.03. The first kappa shape index (κ1) is 15.9. The van der Waals surface area contributed by atoms with Crippen LogP contribution in [0.1, 0.15) is 0 Å². The van der Waals surface area contributed by atoms with Crippen LogP contribution >= 0.6 is 45.8 Å². The molecule has 2 aromatic carbocycles. The van der Waals surface area contributed by atoms with Crippen molar-refractivity contribution in [2.24, 2.45) is 0 Å². The summed E-state index contributed by atoms with van der Waals surface area (Å²) in [5, 5.41) is 8.08. The van der Waals surface area contributed by atoms with Crippen LogP contribution in [0.3, 0.4) is 0 Å². The number of aromatic amines is 1. The number of nitrogens with one attached hydrogen (secondary N) is 1. The first-order chi connectivity index (χ1) is 10.4. The number of hydrogen-bond acceptors (Lipinski definition) is 4. The fourth-order valence-electron chi connectivity index (χ4n) is 1.82. The van der Waals surface area contributed by atoms with Gasteiger partial charge in [0.15, 0.2) is 0 Å². The molecule has 3 rings (SSSR count). The molecule has 0 saturated carbocycles. The van der Waals surface area contributed by atoms with E-state index in [1.54, 1.807) is 6.07 Å². The van der Waals surface area contributed by atoms with Crippen molar-refractivity contribution in [2.75, 3.05) is 0 Å². The Bertz CT molecular complexity index is 973. The number of aromatic nitrogens is 2. The summed E-state index contributed by atoms with van der Waals surface area (Å²) in [6.45, 7) is 0. The number of fused-ring (bicyclic) bond motifs is 1. The van der Waals surface area contributed by atoms with Gasteiger partial charge in [-0.3, -0.25) is 5.10 Å². The van der Waals surface area contributed by atoms with E-state index in [0.29, 0.717) is 15.9 Å². The Labute approximate surface area is 149 Å². The number of halogens is 3. The second-order valence-corrected chi connectivity index (χ2v) is 7.77. The van der Waals surface area contributed by atoms with Gasteiger partial charge in [-0.05, 0) is 52.9 Å². The maximum Gasteiger partial charge on any atom is 0.339 e. The molecule has 1 aromatic heterocycles. The number of benzene rings is 2. The van der Waals surface area contributed by atoms with E-state index in [4.69, 9.17) is 27.4 Å². The minimum atomic E-state index is -3.98. The molecule has 0 aliphatic rings. The van der Waals surface area contributed by atoms with E-state index in [1.165, 1.54) is 30.3 Å². The molecule has 0 aliphatic carbocycles. The second kappa shape index (κ2) is 5.88. The quantitative estimate of drug-likeness (QED) is 0.461. The Morgan fingerprint density at radius 3 is 2.59 bits per heavy atom. The molecule has 0 aliphatic heterocycles. The second-order valence-electron chi connectivity index (χ2n) is 4.33. The van der Waals surface area contributed by atoms with Crippen molar-refractivity contribution in [3.05, 3.63) is 50.1 Å². The fraction of sp³-hybridized carbons (Fsp3) is 0. The van der Waals surface area contributed by atoms with Gasteiger partial charge in [-0.15, -0.1) is 0 Å². The highest BCUT2D eigenvalue weighted by atomic mass is 127. The van der Waals surface area contributed by atoms with Crippen molar-refractivity contribution in [3.63, 3.8) is 0 Å². The molecule has 0 unspecified atom stereocenters. The van der Waals surface area contributed by atoms with Gasteiger partial charge in [-0.25, -0.2) is 0 Å². The molecule has 9 heteroatoms. The zero-order chi connectivity index (χ0) is 15.9. The predicted octanol–water partition coefficient (Wildman–Crippen LogP) is 4.24. The molecule has 5 nitrogen and oxygen atoms in total. The maximum atomic E-state index is 12.3. The molecule has 0 amide bonds. The summed E-state index contributed by atoms with van der Waals surface area (Å²) in [4.78, 5) is 0.0328. The fourth-order valence-corrected chi connectivity index (χ4v) is 3.61. The van der Waals surface area contributed by atoms with E-state index < -0.39 is 10.1 Å². The molecule has 0 atom stereocenters. The molecule has 0 spiro atoms. The molecule has 0 bridgehead atoms. The van der Waals surface area contributed by atoms with Crippen LogP contribution < -0.4 is 4.18 Å². The number of rotatable bonds is 3. The minimum absolute atomic E-state index is 0.0328. The molecular weight excluding hydrogens is 462 g/mol. The topological polar surface area (TPSA) is 72.1 Å². The first-order valence-electron chi connectivity index (χ1n) is 5.90. The third-order valence-electron chi connectivity index (χ3n) is 2.86. The molecule has 1 N–H and O–H groups in total. The van der Waals surface area contributed by atoms with E-state index >= 15 is 0 Å². The molecular formula is C13H7Cl2IN2O3S. The van der Waals surface area contributed by atoms with Crippen molar-refractivity contribution in [1.82, 2.24) is 10.2 Å². The van der Waals surface area contributed by atoms with E-state index in [1.807, 2.05) is 22.6 Å². The zero-order valence-electron chi connectivity index (χ0n) is 10.7. The lowest BCUT2D eigenvalue weighted by Crippen LogP contribution is -2.09. The lowest BCUT2D eigenvalue weighted by molar-refractivity contribution is 0.486. The first-order valence-corrected chi connectivity index (χ1v) is 9.14. The Morgan fingerprint density at radius 2 is 1.86 bits per heavy atom. The molecule has 0 fully saturated rings. The summed E-state index contributed by atoms with van der Waals surface area (Å²) in [6, 6.07) is 8.81. The van der Waals surface area contributed by atoms with Crippen molar-refractivity contribution in [2.45, 2.75) is 4.90 Å². The van der Waals surface area contributed by atoms with Crippen LogP contribution in [0.4, 0.5) is 0 Å². The monoisotopic (exact) mass is 468 g/mol. The van der Waals surface area contributed by atoms with Crippen LogP contribution in [0.15, 0.2) is 41.3 Å².